The van der Waals surface area contributed by atoms with Gasteiger partial charge >= 0.3 is 5.97 Å². The second kappa shape index (κ2) is 6.39. The first-order chi connectivity index (χ1) is 10.1. The number of hydrogen-bond donors (Lipinski definition) is 0. The molecule has 0 aromatic heterocycles. The van der Waals surface area contributed by atoms with Crippen LogP contribution in [0.5, 0.6) is 5.75 Å². The van der Waals surface area contributed by atoms with Gasteiger partial charge in [0.05, 0.1) is 20.6 Å². The number of ether oxygens (including phenoxy) is 2. The van der Waals surface area contributed by atoms with E-state index in [1.807, 2.05) is 0 Å². The molecule has 112 valence electrons. The summed E-state index contributed by atoms with van der Waals surface area (Å²) in [4.78, 5) is 36.7. The van der Waals surface area contributed by atoms with Gasteiger partial charge in [-0.3, -0.25) is 14.5 Å². The minimum atomic E-state index is -0.798. The third-order valence-electron chi connectivity index (χ3n) is 3.47. The number of carbonyl (C=O) groups is 3. The Bertz CT molecular complexity index is 552. The summed E-state index contributed by atoms with van der Waals surface area (Å²) in [7, 11) is 2.81. The maximum absolute atomic E-state index is 12.3. The van der Waals surface area contributed by atoms with E-state index < -0.39 is 17.9 Å². The molecule has 0 N–H and O–H groups in total. The summed E-state index contributed by atoms with van der Waals surface area (Å²) in [6.07, 6.45) is 0.567. The summed E-state index contributed by atoms with van der Waals surface area (Å²) in [5, 5.41) is 0. The van der Waals surface area contributed by atoms with Crippen LogP contribution in [0, 0.1) is 0 Å². The molecule has 1 fully saturated rings. The van der Waals surface area contributed by atoms with Crippen molar-refractivity contribution in [3.05, 3.63) is 29.8 Å². The summed E-state index contributed by atoms with van der Waals surface area (Å²) in [6, 6.07) is 6.20. The fraction of sp³-hybridized carbons (Fsp3) is 0.400. The fourth-order valence-electron chi connectivity index (χ4n) is 2.36. The van der Waals surface area contributed by atoms with Crippen molar-refractivity contribution in [3.63, 3.8) is 0 Å². The number of carbonyl (C=O) groups excluding carboxylic acids is 3. The number of hydrogen-bond acceptors (Lipinski definition) is 5. The molecular weight excluding hydrogens is 274 g/mol. The Balaban J connectivity index is 2.10. The first-order valence-electron chi connectivity index (χ1n) is 6.62. The highest BCUT2D eigenvalue weighted by Crippen LogP contribution is 2.21. The summed E-state index contributed by atoms with van der Waals surface area (Å²) >= 11 is 0. The molecule has 2 amide bonds. The van der Waals surface area contributed by atoms with Crippen molar-refractivity contribution in [1.29, 1.82) is 0 Å². The van der Waals surface area contributed by atoms with Crippen LogP contribution >= 0.6 is 0 Å². The molecule has 2 rings (SSSR count). The van der Waals surface area contributed by atoms with Crippen molar-refractivity contribution in [2.24, 2.45) is 0 Å². The molecule has 0 spiro atoms. The van der Waals surface area contributed by atoms with E-state index in [-0.39, 0.29) is 18.7 Å². The standard InChI is InChI=1S/C15H17NO5/c1-20-11-5-3-10(4-6-11)9-14(18)16-12(15(19)21-2)7-8-13(16)17/h3-6,12H,7-9H2,1-2H3/t12-/m1/s1. The Morgan fingerprint density at radius 1 is 1.24 bits per heavy atom. The lowest BCUT2D eigenvalue weighted by atomic mass is 10.1. The van der Waals surface area contributed by atoms with Crippen LogP contribution in [0.1, 0.15) is 18.4 Å². The minimum Gasteiger partial charge on any atom is -0.497 e. The average Bonchev–Trinajstić information content (AvgIpc) is 2.89. The Labute approximate surface area is 122 Å². The molecule has 0 radical (unpaired) electrons. The third-order valence-corrected chi connectivity index (χ3v) is 3.47. The smallest absolute Gasteiger partial charge is 0.329 e. The molecule has 1 aliphatic rings. The maximum atomic E-state index is 12.3. The van der Waals surface area contributed by atoms with Gasteiger partial charge in [-0.1, -0.05) is 12.1 Å². The SMILES string of the molecule is COC(=O)[C@H]1CCC(=O)N1C(=O)Cc1ccc(OC)cc1. The average molecular weight is 291 g/mol. The first kappa shape index (κ1) is 15.0. The van der Waals surface area contributed by atoms with Crippen LogP contribution in [-0.2, 0) is 25.5 Å². The zero-order chi connectivity index (χ0) is 15.4. The van der Waals surface area contributed by atoms with Gasteiger partial charge in [0, 0.05) is 6.42 Å². The topological polar surface area (TPSA) is 72.9 Å². The van der Waals surface area contributed by atoms with Gasteiger partial charge < -0.3 is 9.47 Å². The van der Waals surface area contributed by atoms with Crippen LogP contribution in [0.3, 0.4) is 0 Å². The number of nitrogens with zero attached hydrogens (tertiary/aromatic N) is 1. The van der Waals surface area contributed by atoms with E-state index in [0.29, 0.717) is 12.2 Å². The van der Waals surface area contributed by atoms with Gasteiger partial charge in [-0.05, 0) is 24.1 Å². The summed E-state index contributed by atoms with van der Waals surface area (Å²) in [5.74, 6) is -0.582. The van der Waals surface area contributed by atoms with Crippen molar-refractivity contribution in [2.75, 3.05) is 14.2 Å². The molecule has 0 saturated carbocycles. The zero-order valence-electron chi connectivity index (χ0n) is 12.0. The van der Waals surface area contributed by atoms with Gasteiger partial charge in [-0.15, -0.1) is 0 Å². The molecule has 1 heterocycles. The summed E-state index contributed by atoms with van der Waals surface area (Å²) < 4.78 is 9.69. The van der Waals surface area contributed by atoms with Gasteiger partial charge in [0.25, 0.3) is 0 Å². The molecule has 1 atom stereocenters. The Hall–Kier alpha value is -2.37. The zero-order valence-corrected chi connectivity index (χ0v) is 12.0. The minimum absolute atomic E-state index is 0.0588. The van der Waals surface area contributed by atoms with Crippen molar-refractivity contribution in [3.8, 4) is 5.75 Å². The highest BCUT2D eigenvalue weighted by Gasteiger charge is 2.40. The van der Waals surface area contributed by atoms with Gasteiger partial charge in [-0.25, -0.2) is 4.79 Å². The second-order valence-corrected chi connectivity index (χ2v) is 4.76. The van der Waals surface area contributed by atoms with E-state index in [0.717, 1.165) is 10.5 Å². The Morgan fingerprint density at radius 3 is 2.48 bits per heavy atom. The molecular formula is C15H17NO5. The molecule has 21 heavy (non-hydrogen) atoms. The third kappa shape index (κ3) is 3.21. The number of imide groups is 1. The van der Waals surface area contributed by atoms with E-state index in [1.165, 1.54) is 7.11 Å². The molecule has 0 unspecified atom stereocenters. The van der Waals surface area contributed by atoms with Gasteiger partial charge in [-0.2, -0.15) is 0 Å². The first-order valence-corrected chi connectivity index (χ1v) is 6.62. The number of rotatable bonds is 4. The Morgan fingerprint density at radius 2 is 1.90 bits per heavy atom. The predicted molar refractivity (Wildman–Crippen MR) is 73.6 cm³/mol. The number of methoxy groups -OCH3 is 2. The highest BCUT2D eigenvalue weighted by molar-refractivity contribution is 6.02. The normalized spacial score (nSPS) is 17.7. The highest BCUT2D eigenvalue weighted by atomic mass is 16.5. The molecule has 1 saturated heterocycles. The number of likely N-dealkylation sites (tertiary alicyclic amines) is 1. The molecule has 6 nitrogen and oxygen atoms in total. The Kier molecular flexibility index (Phi) is 4.57. The van der Waals surface area contributed by atoms with Crippen molar-refractivity contribution < 1.29 is 23.9 Å². The molecule has 6 heteroatoms. The van der Waals surface area contributed by atoms with Crippen LogP contribution in [0.25, 0.3) is 0 Å². The number of esters is 1. The quantitative estimate of drug-likeness (QED) is 0.772. The lowest BCUT2D eigenvalue weighted by Gasteiger charge is -2.20. The molecule has 1 aliphatic heterocycles. The van der Waals surface area contributed by atoms with Crippen LogP contribution in [0.4, 0.5) is 0 Å². The van der Waals surface area contributed by atoms with Crippen molar-refractivity contribution >= 4 is 17.8 Å². The van der Waals surface area contributed by atoms with Gasteiger partial charge in [0.2, 0.25) is 11.8 Å². The van der Waals surface area contributed by atoms with Crippen molar-refractivity contribution in [1.82, 2.24) is 4.90 Å². The lowest BCUT2D eigenvalue weighted by molar-refractivity contribution is -0.155. The van der Waals surface area contributed by atoms with E-state index in [2.05, 4.69) is 4.74 Å². The molecule has 0 bridgehead atoms. The summed E-state index contributed by atoms with van der Waals surface area (Å²) in [6.45, 7) is 0. The van der Waals surface area contributed by atoms with Crippen LogP contribution in [-0.4, -0.2) is 42.9 Å². The monoisotopic (exact) mass is 291 g/mol. The van der Waals surface area contributed by atoms with E-state index in [9.17, 15) is 14.4 Å². The molecule has 0 aliphatic carbocycles. The second-order valence-electron chi connectivity index (χ2n) is 4.76. The fourth-order valence-corrected chi connectivity index (χ4v) is 2.36. The molecule has 1 aromatic rings. The van der Waals surface area contributed by atoms with Crippen molar-refractivity contribution in [2.45, 2.75) is 25.3 Å². The van der Waals surface area contributed by atoms with Crippen LogP contribution in [0.15, 0.2) is 24.3 Å². The largest absolute Gasteiger partial charge is 0.497 e. The predicted octanol–water partition coefficient (Wildman–Crippen LogP) is 0.928. The number of amides is 2. The lowest BCUT2D eigenvalue weighted by Crippen LogP contribution is -2.44. The van der Waals surface area contributed by atoms with Crippen LogP contribution < -0.4 is 4.74 Å². The van der Waals surface area contributed by atoms with Gasteiger partial charge in [0.1, 0.15) is 11.8 Å². The maximum Gasteiger partial charge on any atom is 0.329 e. The van der Waals surface area contributed by atoms with Gasteiger partial charge in [0.15, 0.2) is 0 Å². The summed E-state index contributed by atoms with van der Waals surface area (Å²) in [5.41, 5.74) is 0.754. The van der Waals surface area contributed by atoms with Crippen LogP contribution in [0.2, 0.25) is 0 Å². The van der Waals surface area contributed by atoms with E-state index in [1.54, 1.807) is 31.4 Å². The number of benzene rings is 1. The van der Waals surface area contributed by atoms with E-state index in [4.69, 9.17) is 4.74 Å². The molecule has 1 aromatic carbocycles. The van der Waals surface area contributed by atoms with E-state index >= 15 is 0 Å².